The van der Waals surface area contributed by atoms with Gasteiger partial charge in [0.15, 0.2) is 0 Å². The van der Waals surface area contributed by atoms with Crippen LogP contribution in [0.5, 0.6) is 0 Å². The third-order valence-electron chi connectivity index (χ3n) is 4.92. The maximum Gasteiger partial charge on any atom is 0.123 e. The molecule has 3 aromatic rings. The van der Waals surface area contributed by atoms with E-state index in [1.54, 1.807) is 0 Å². The number of hydrogen-bond acceptors (Lipinski definition) is 2. The zero-order valence-electron chi connectivity index (χ0n) is 16.5. The molecule has 0 saturated heterocycles. The van der Waals surface area contributed by atoms with E-state index < -0.39 is 0 Å². The predicted molar refractivity (Wildman–Crippen MR) is 111 cm³/mol. The van der Waals surface area contributed by atoms with Gasteiger partial charge >= 0.3 is 0 Å². The van der Waals surface area contributed by atoms with Gasteiger partial charge in [0.1, 0.15) is 5.82 Å². The summed E-state index contributed by atoms with van der Waals surface area (Å²) in [5, 5.41) is 10.4. The van der Waals surface area contributed by atoms with Crippen molar-refractivity contribution < 1.29 is 9.50 Å². The van der Waals surface area contributed by atoms with Crippen LogP contribution in [0, 0.1) is 5.82 Å². The second kappa shape index (κ2) is 10.2. The normalized spacial score (nSPS) is 12.4. The minimum absolute atomic E-state index is 0.213. The Labute approximate surface area is 167 Å². The Morgan fingerprint density at radius 3 is 2.39 bits per heavy atom. The first-order chi connectivity index (χ1) is 13.6. The molecule has 0 amide bonds. The molecular formula is C24H29FN2O. The summed E-state index contributed by atoms with van der Waals surface area (Å²) in [6.07, 6.45) is 3.51. The standard InChI is InChI=1S/C24H29FN2O/c1-2-7-24(28)19-26(16-20-8-4-3-5-9-20)18-23-10-6-15-27(23)17-21-11-13-22(25)14-12-21/h3-6,8-15,24,28H,2,7,16-19H2,1H3/t24-/m1/s1. The summed E-state index contributed by atoms with van der Waals surface area (Å²) in [5.41, 5.74) is 3.49. The van der Waals surface area contributed by atoms with E-state index in [0.29, 0.717) is 13.1 Å². The van der Waals surface area contributed by atoms with Crippen molar-refractivity contribution in [1.82, 2.24) is 9.47 Å². The van der Waals surface area contributed by atoms with E-state index in [1.807, 2.05) is 36.4 Å². The molecule has 1 aromatic heterocycles. The monoisotopic (exact) mass is 380 g/mol. The molecule has 4 heteroatoms. The number of nitrogens with zero attached hydrogens (tertiary/aromatic N) is 2. The van der Waals surface area contributed by atoms with Crippen molar-refractivity contribution in [2.75, 3.05) is 6.54 Å². The van der Waals surface area contributed by atoms with Crippen LogP contribution in [-0.2, 0) is 19.6 Å². The van der Waals surface area contributed by atoms with Gasteiger partial charge in [-0.25, -0.2) is 4.39 Å². The summed E-state index contributed by atoms with van der Waals surface area (Å²) >= 11 is 0. The Balaban J connectivity index is 1.72. The highest BCUT2D eigenvalue weighted by Gasteiger charge is 2.14. The molecule has 3 nitrogen and oxygen atoms in total. The number of rotatable bonds is 10. The van der Waals surface area contributed by atoms with Gasteiger partial charge in [-0.2, -0.15) is 0 Å². The van der Waals surface area contributed by atoms with Crippen molar-refractivity contribution in [1.29, 1.82) is 0 Å². The summed E-state index contributed by atoms with van der Waals surface area (Å²) in [6, 6.07) is 21.2. The summed E-state index contributed by atoms with van der Waals surface area (Å²) in [6.45, 7) is 5.00. The zero-order valence-corrected chi connectivity index (χ0v) is 16.5. The Kier molecular flexibility index (Phi) is 7.40. The van der Waals surface area contributed by atoms with E-state index in [-0.39, 0.29) is 11.9 Å². The first-order valence-electron chi connectivity index (χ1n) is 9.97. The highest BCUT2D eigenvalue weighted by atomic mass is 19.1. The minimum Gasteiger partial charge on any atom is -0.392 e. The van der Waals surface area contributed by atoms with Gasteiger partial charge in [0, 0.05) is 38.1 Å². The van der Waals surface area contributed by atoms with Gasteiger partial charge in [-0.3, -0.25) is 4.90 Å². The van der Waals surface area contributed by atoms with E-state index in [2.05, 4.69) is 40.8 Å². The van der Waals surface area contributed by atoms with Crippen LogP contribution < -0.4 is 0 Å². The molecule has 0 radical (unpaired) electrons. The molecule has 0 saturated carbocycles. The fraction of sp³-hybridized carbons (Fsp3) is 0.333. The molecular weight excluding hydrogens is 351 g/mol. The lowest BCUT2D eigenvalue weighted by Crippen LogP contribution is -2.32. The average molecular weight is 381 g/mol. The van der Waals surface area contributed by atoms with Crippen molar-refractivity contribution in [2.24, 2.45) is 0 Å². The summed E-state index contributed by atoms with van der Waals surface area (Å²) in [4.78, 5) is 2.30. The van der Waals surface area contributed by atoms with Crippen molar-refractivity contribution in [3.63, 3.8) is 0 Å². The number of aliphatic hydroxyl groups excluding tert-OH is 1. The lowest BCUT2D eigenvalue weighted by molar-refractivity contribution is 0.0958. The van der Waals surface area contributed by atoms with Gasteiger partial charge in [-0.1, -0.05) is 55.8 Å². The maximum absolute atomic E-state index is 13.2. The van der Waals surface area contributed by atoms with Crippen LogP contribution >= 0.6 is 0 Å². The van der Waals surface area contributed by atoms with Crippen LogP contribution in [0.4, 0.5) is 4.39 Å². The van der Waals surface area contributed by atoms with Crippen molar-refractivity contribution in [3.05, 3.63) is 95.6 Å². The average Bonchev–Trinajstić information content (AvgIpc) is 3.11. The molecule has 0 aliphatic rings. The van der Waals surface area contributed by atoms with Gasteiger partial charge < -0.3 is 9.67 Å². The van der Waals surface area contributed by atoms with E-state index in [1.165, 1.54) is 23.4 Å². The van der Waals surface area contributed by atoms with Crippen LogP contribution in [0.3, 0.4) is 0 Å². The van der Waals surface area contributed by atoms with Gasteiger partial charge in [-0.15, -0.1) is 0 Å². The lowest BCUT2D eigenvalue weighted by Gasteiger charge is -2.26. The Morgan fingerprint density at radius 2 is 1.68 bits per heavy atom. The van der Waals surface area contributed by atoms with E-state index in [9.17, 15) is 9.50 Å². The second-order valence-corrected chi connectivity index (χ2v) is 7.35. The fourth-order valence-corrected chi connectivity index (χ4v) is 3.51. The van der Waals surface area contributed by atoms with E-state index in [0.717, 1.165) is 31.5 Å². The lowest BCUT2D eigenvalue weighted by atomic mass is 10.1. The van der Waals surface area contributed by atoms with E-state index in [4.69, 9.17) is 0 Å². The molecule has 1 heterocycles. The Hall–Kier alpha value is -2.43. The quantitative estimate of drug-likeness (QED) is 0.545. The van der Waals surface area contributed by atoms with Crippen LogP contribution in [-0.4, -0.2) is 27.2 Å². The molecule has 0 unspecified atom stereocenters. The third-order valence-corrected chi connectivity index (χ3v) is 4.92. The molecule has 2 aromatic carbocycles. The first-order valence-corrected chi connectivity index (χ1v) is 9.97. The Morgan fingerprint density at radius 1 is 0.929 bits per heavy atom. The third kappa shape index (κ3) is 6.04. The fourth-order valence-electron chi connectivity index (χ4n) is 3.51. The molecule has 28 heavy (non-hydrogen) atoms. The maximum atomic E-state index is 13.2. The van der Waals surface area contributed by atoms with Crippen molar-refractivity contribution >= 4 is 0 Å². The van der Waals surface area contributed by atoms with Crippen molar-refractivity contribution in [2.45, 2.75) is 45.5 Å². The SMILES string of the molecule is CCC[C@@H](O)CN(Cc1ccccc1)Cc1cccn1Cc1ccc(F)cc1. The van der Waals surface area contributed by atoms with Gasteiger partial charge in [0.05, 0.1) is 6.10 Å². The first kappa shape index (κ1) is 20.3. The van der Waals surface area contributed by atoms with Crippen LogP contribution in [0.25, 0.3) is 0 Å². The molecule has 0 bridgehead atoms. The Bertz CT molecular complexity index is 829. The van der Waals surface area contributed by atoms with E-state index >= 15 is 0 Å². The van der Waals surface area contributed by atoms with Gasteiger partial charge in [-0.05, 0) is 41.8 Å². The second-order valence-electron chi connectivity index (χ2n) is 7.35. The van der Waals surface area contributed by atoms with Crippen molar-refractivity contribution in [3.8, 4) is 0 Å². The molecule has 0 aliphatic heterocycles. The van der Waals surface area contributed by atoms with Crippen LogP contribution in [0.15, 0.2) is 72.9 Å². The van der Waals surface area contributed by atoms with Gasteiger partial charge in [0.25, 0.3) is 0 Å². The van der Waals surface area contributed by atoms with Gasteiger partial charge in [0.2, 0.25) is 0 Å². The molecule has 1 atom stereocenters. The molecule has 148 valence electrons. The number of aromatic nitrogens is 1. The zero-order chi connectivity index (χ0) is 19.8. The smallest absolute Gasteiger partial charge is 0.123 e. The summed E-state index contributed by atoms with van der Waals surface area (Å²) < 4.78 is 15.4. The highest BCUT2D eigenvalue weighted by molar-refractivity contribution is 5.19. The number of benzene rings is 2. The topological polar surface area (TPSA) is 28.4 Å². The number of aliphatic hydroxyl groups is 1. The predicted octanol–water partition coefficient (Wildman–Crippen LogP) is 4.84. The molecule has 0 aliphatic carbocycles. The van der Waals surface area contributed by atoms with Crippen LogP contribution in [0.2, 0.25) is 0 Å². The number of hydrogen-bond donors (Lipinski definition) is 1. The molecule has 0 fully saturated rings. The molecule has 0 spiro atoms. The largest absolute Gasteiger partial charge is 0.392 e. The minimum atomic E-state index is -0.325. The molecule has 3 rings (SSSR count). The summed E-state index contributed by atoms with van der Waals surface area (Å²) in [5.74, 6) is -0.213. The van der Waals surface area contributed by atoms with Crippen LogP contribution in [0.1, 0.15) is 36.6 Å². The number of halogens is 1. The summed E-state index contributed by atoms with van der Waals surface area (Å²) in [7, 11) is 0. The molecule has 1 N–H and O–H groups in total. The highest BCUT2D eigenvalue weighted by Crippen LogP contribution is 2.15.